The summed E-state index contributed by atoms with van der Waals surface area (Å²) in [6.07, 6.45) is -3.10. The third kappa shape index (κ3) is 4.71. The number of hydrogen-bond acceptors (Lipinski definition) is 5. The summed E-state index contributed by atoms with van der Waals surface area (Å²) in [5.41, 5.74) is -0.251. The predicted octanol–water partition coefficient (Wildman–Crippen LogP) is 3.67. The Balaban J connectivity index is 1.73. The highest BCUT2D eigenvalue weighted by Gasteiger charge is 2.31. The van der Waals surface area contributed by atoms with Gasteiger partial charge in [0, 0.05) is 38.1 Å². The molecule has 2 aromatic carbocycles. The minimum absolute atomic E-state index is 0.0374. The van der Waals surface area contributed by atoms with Crippen molar-refractivity contribution in [1.29, 1.82) is 5.26 Å². The number of halogens is 3. The van der Waals surface area contributed by atoms with Gasteiger partial charge in [-0.3, -0.25) is 0 Å². The van der Waals surface area contributed by atoms with E-state index in [1.165, 1.54) is 24.4 Å². The van der Waals surface area contributed by atoms with Crippen LogP contribution >= 0.6 is 0 Å². The molecule has 0 saturated carbocycles. The SMILES string of the molecule is N#C/C(=C\N1CCN(c2cccc(C(F)(F)F)c2)CC1)S(=O)(=O)c1ccccc1. The average Bonchev–Trinajstić information content (AvgIpc) is 2.72. The Hall–Kier alpha value is -2.99. The van der Waals surface area contributed by atoms with E-state index in [9.17, 15) is 26.9 Å². The maximum absolute atomic E-state index is 12.9. The third-order valence-corrected chi connectivity index (χ3v) is 6.27. The Morgan fingerprint density at radius 3 is 2.24 bits per heavy atom. The minimum Gasteiger partial charge on any atom is -0.372 e. The van der Waals surface area contributed by atoms with E-state index in [0.29, 0.717) is 31.9 Å². The van der Waals surface area contributed by atoms with Gasteiger partial charge in [0.1, 0.15) is 6.07 Å². The zero-order chi connectivity index (χ0) is 21.1. The molecule has 0 spiro atoms. The van der Waals surface area contributed by atoms with E-state index in [1.54, 1.807) is 40.1 Å². The van der Waals surface area contributed by atoms with Crippen molar-refractivity contribution in [2.24, 2.45) is 0 Å². The van der Waals surface area contributed by atoms with Gasteiger partial charge < -0.3 is 9.80 Å². The number of rotatable bonds is 4. The molecular weight excluding hydrogens is 403 g/mol. The molecule has 0 N–H and O–H groups in total. The van der Waals surface area contributed by atoms with Crippen molar-refractivity contribution in [3.05, 3.63) is 71.3 Å². The maximum Gasteiger partial charge on any atom is 0.416 e. The van der Waals surface area contributed by atoms with Crippen molar-refractivity contribution >= 4 is 15.5 Å². The first-order valence-corrected chi connectivity index (χ1v) is 10.3. The lowest BCUT2D eigenvalue weighted by Crippen LogP contribution is -2.44. The first-order valence-electron chi connectivity index (χ1n) is 8.80. The molecular formula is C20H18F3N3O2S. The standard InChI is InChI=1S/C20H18F3N3O2S/c21-20(22,23)16-5-4-6-17(13-16)26-11-9-25(10-12-26)15-19(14-24)29(27,28)18-7-2-1-3-8-18/h1-8,13,15H,9-12H2/b19-15+. The van der Waals surface area contributed by atoms with Crippen molar-refractivity contribution in [1.82, 2.24) is 4.90 Å². The monoisotopic (exact) mass is 421 g/mol. The predicted molar refractivity (Wildman–Crippen MR) is 103 cm³/mol. The first kappa shape index (κ1) is 20.7. The molecule has 0 unspecified atom stereocenters. The lowest BCUT2D eigenvalue weighted by Gasteiger charge is -2.35. The number of sulfone groups is 1. The van der Waals surface area contributed by atoms with Gasteiger partial charge in [-0.25, -0.2) is 8.42 Å². The van der Waals surface area contributed by atoms with E-state index in [2.05, 4.69) is 0 Å². The lowest BCUT2D eigenvalue weighted by atomic mass is 10.1. The van der Waals surface area contributed by atoms with Gasteiger partial charge in [-0.05, 0) is 30.3 Å². The Morgan fingerprint density at radius 1 is 1.00 bits per heavy atom. The zero-order valence-electron chi connectivity index (χ0n) is 15.3. The fourth-order valence-electron chi connectivity index (χ4n) is 3.04. The van der Waals surface area contributed by atoms with E-state index in [1.807, 2.05) is 0 Å². The van der Waals surface area contributed by atoms with Crippen LogP contribution in [-0.2, 0) is 16.0 Å². The van der Waals surface area contributed by atoms with E-state index in [-0.39, 0.29) is 9.80 Å². The second-order valence-corrected chi connectivity index (χ2v) is 8.41. The normalized spacial score (nSPS) is 15.9. The molecule has 1 aliphatic rings. The zero-order valence-corrected chi connectivity index (χ0v) is 16.1. The van der Waals surface area contributed by atoms with E-state index < -0.39 is 21.6 Å². The molecule has 0 atom stereocenters. The van der Waals surface area contributed by atoms with Crippen LogP contribution in [0.3, 0.4) is 0 Å². The van der Waals surface area contributed by atoms with Crippen LogP contribution in [0.4, 0.5) is 18.9 Å². The van der Waals surface area contributed by atoms with Gasteiger partial charge in [0.15, 0.2) is 4.91 Å². The number of hydrogen-bond donors (Lipinski definition) is 0. The van der Waals surface area contributed by atoms with Crippen LogP contribution in [-0.4, -0.2) is 39.5 Å². The molecule has 0 amide bonds. The van der Waals surface area contributed by atoms with Crippen molar-refractivity contribution < 1.29 is 21.6 Å². The number of nitrogens with zero attached hydrogens (tertiary/aromatic N) is 3. The van der Waals surface area contributed by atoms with E-state index in [4.69, 9.17) is 0 Å². The number of piperazine rings is 1. The van der Waals surface area contributed by atoms with Gasteiger partial charge in [-0.2, -0.15) is 18.4 Å². The molecule has 0 aliphatic carbocycles. The molecule has 29 heavy (non-hydrogen) atoms. The highest BCUT2D eigenvalue weighted by molar-refractivity contribution is 7.95. The van der Waals surface area contributed by atoms with Crippen molar-refractivity contribution in [3.63, 3.8) is 0 Å². The molecule has 1 aliphatic heterocycles. The molecule has 0 radical (unpaired) electrons. The van der Waals surface area contributed by atoms with Crippen molar-refractivity contribution in [2.75, 3.05) is 31.1 Å². The van der Waals surface area contributed by atoms with Gasteiger partial charge in [-0.15, -0.1) is 0 Å². The quantitative estimate of drug-likeness (QED) is 0.705. The van der Waals surface area contributed by atoms with Crippen LogP contribution in [0.25, 0.3) is 0 Å². The van der Waals surface area contributed by atoms with Crippen molar-refractivity contribution in [2.45, 2.75) is 11.1 Å². The fraction of sp³-hybridized carbons (Fsp3) is 0.250. The number of allylic oxidation sites excluding steroid dienone is 1. The number of benzene rings is 2. The lowest BCUT2D eigenvalue weighted by molar-refractivity contribution is -0.137. The molecule has 152 valence electrons. The van der Waals surface area contributed by atoms with Crippen molar-refractivity contribution in [3.8, 4) is 6.07 Å². The highest BCUT2D eigenvalue weighted by Crippen LogP contribution is 2.32. The number of alkyl halides is 3. The van der Waals surface area contributed by atoms with Gasteiger partial charge in [0.25, 0.3) is 0 Å². The van der Waals surface area contributed by atoms with Crippen LogP contribution in [0.1, 0.15) is 5.56 Å². The summed E-state index contributed by atoms with van der Waals surface area (Å²) in [5, 5.41) is 9.35. The summed E-state index contributed by atoms with van der Waals surface area (Å²) in [4.78, 5) is 3.17. The molecule has 5 nitrogen and oxygen atoms in total. The van der Waals surface area contributed by atoms with Crippen LogP contribution in [0.5, 0.6) is 0 Å². The van der Waals surface area contributed by atoms with Gasteiger partial charge in [-0.1, -0.05) is 24.3 Å². The highest BCUT2D eigenvalue weighted by atomic mass is 32.2. The molecule has 0 aromatic heterocycles. The minimum atomic E-state index is -4.41. The molecule has 3 rings (SSSR count). The number of anilines is 1. The summed E-state index contributed by atoms with van der Waals surface area (Å²) in [7, 11) is -3.92. The molecule has 1 saturated heterocycles. The summed E-state index contributed by atoms with van der Waals surface area (Å²) in [6, 6.07) is 14.5. The van der Waals surface area contributed by atoms with E-state index >= 15 is 0 Å². The van der Waals surface area contributed by atoms with Crippen LogP contribution < -0.4 is 4.90 Å². The summed E-state index contributed by atoms with van der Waals surface area (Å²) in [5.74, 6) is 0. The Labute approximate surface area is 167 Å². The fourth-order valence-corrected chi connectivity index (χ4v) is 4.22. The largest absolute Gasteiger partial charge is 0.416 e. The Morgan fingerprint density at radius 2 is 1.66 bits per heavy atom. The molecule has 9 heteroatoms. The second kappa shape index (κ2) is 8.17. The number of nitriles is 1. The average molecular weight is 421 g/mol. The summed E-state index contributed by atoms with van der Waals surface area (Å²) >= 11 is 0. The topological polar surface area (TPSA) is 64.4 Å². The van der Waals surface area contributed by atoms with Gasteiger partial charge >= 0.3 is 6.18 Å². The smallest absolute Gasteiger partial charge is 0.372 e. The molecule has 1 heterocycles. The van der Waals surface area contributed by atoms with Gasteiger partial charge in [0.05, 0.1) is 10.5 Å². The van der Waals surface area contributed by atoms with Gasteiger partial charge in [0.2, 0.25) is 9.84 Å². The molecule has 1 fully saturated rings. The maximum atomic E-state index is 12.9. The Kier molecular flexibility index (Phi) is 5.84. The second-order valence-electron chi connectivity index (χ2n) is 6.49. The third-order valence-electron chi connectivity index (χ3n) is 4.61. The molecule has 2 aromatic rings. The van der Waals surface area contributed by atoms with Crippen LogP contribution in [0.2, 0.25) is 0 Å². The molecule has 0 bridgehead atoms. The Bertz CT molecular complexity index is 1040. The van der Waals surface area contributed by atoms with E-state index in [0.717, 1.165) is 12.1 Å². The first-order chi connectivity index (χ1) is 13.7. The summed E-state index contributed by atoms with van der Waals surface area (Å²) in [6.45, 7) is 1.57. The summed E-state index contributed by atoms with van der Waals surface area (Å²) < 4.78 is 64.0. The van der Waals surface area contributed by atoms with Crippen LogP contribution in [0, 0.1) is 11.3 Å². The van der Waals surface area contributed by atoms with Crippen LogP contribution in [0.15, 0.2) is 70.6 Å².